The van der Waals surface area contributed by atoms with E-state index in [9.17, 15) is 0 Å². The van der Waals surface area contributed by atoms with E-state index in [0.29, 0.717) is 11.8 Å². The predicted molar refractivity (Wildman–Crippen MR) is 77.5 cm³/mol. The Hall–Kier alpha value is -0.980. The second-order valence-corrected chi connectivity index (χ2v) is 4.92. The second kappa shape index (κ2) is 6.68. The van der Waals surface area contributed by atoms with Crippen molar-refractivity contribution in [3.05, 3.63) is 29.3 Å². The molecule has 0 aliphatic heterocycles. The summed E-state index contributed by atoms with van der Waals surface area (Å²) in [5.41, 5.74) is 9.95. The first-order chi connectivity index (χ1) is 8.17. The van der Waals surface area contributed by atoms with Crippen LogP contribution in [0.3, 0.4) is 0 Å². The highest BCUT2D eigenvalue weighted by molar-refractivity contribution is 5.51. The number of benzene rings is 1. The molecule has 1 aromatic rings. The third-order valence-corrected chi connectivity index (χ3v) is 3.99. The molecule has 2 N–H and O–H groups in total. The molecule has 0 aromatic heterocycles. The van der Waals surface area contributed by atoms with Crippen LogP contribution in [0.1, 0.15) is 76.3 Å². The van der Waals surface area contributed by atoms with Gasteiger partial charge in [0.2, 0.25) is 0 Å². The summed E-state index contributed by atoms with van der Waals surface area (Å²) in [7, 11) is 0. The first kappa shape index (κ1) is 14.1. The van der Waals surface area contributed by atoms with Crippen molar-refractivity contribution >= 4 is 5.69 Å². The highest BCUT2D eigenvalue weighted by Gasteiger charge is 2.13. The molecule has 0 spiro atoms. The minimum Gasteiger partial charge on any atom is -0.398 e. The van der Waals surface area contributed by atoms with Crippen LogP contribution in [0.5, 0.6) is 0 Å². The van der Waals surface area contributed by atoms with E-state index in [1.165, 1.54) is 36.8 Å². The van der Waals surface area contributed by atoms with E-state index < -0.39 is 0 Å². The summed E-state index contributed by atoms with van der Waals surface area (Å²) in [6, 6.07) is 6.73. The molecular formula is C16H27N. The van der Waals surface area contributed by atoms with E-state index in [4.69, 9.17) is 5.73 Å². The molecule has 0 aliphatic carbocycles. The molecule has 1 aromatic carbocycles. The summed E-state index contributed by atoms with van der Waals surface area (Å²) in [5, 5.41) is 0. The number of hydrogen-bond donors (Lipinski definition) is 1. The summed E-state index contributed by atoms with van der Waals surface area (Å²) < 4.78 is 0. The lowest BCUT2D eigenvalue weighted by atomic mass is 9.88. The Labute approximate surface area is 106 Å². The summed E-state index contributed by atoms with van der Waals surface area (Å²) in [5.74, 6) is 1.28. The molecule has 1 rings (SSSR count). The topological polar surface area (TPSA) is 26.0 Å². The third-order valence-electron chi connectivity index (χ3n) is 3.99. The number of hydrogen-bond acceptors (Lipinski definition) is 1. The fourth-order valence-corrected chi connectivity index (χ4v) is 2.71. The van der Waals surface area contributed by atoms with Crippen molar-refractivity contribution in [2.45, 2.75) is 65.2 Å². The predicted octanol–water partition coefficient (Wildman–Crippen LogP) is 5.08. The Kier molecular flexibility index (Phi) is 5.54. The highest BCUT2D eigenvalue weighted by atomic mass is 14.6. The molecule has 0 bridgehead atoms. The van der Waals surface area contributed by atoms with Crippen molar-refractivity contribution in [1.29, 1.82) is 0 Å². The van der Waals surface area contributed by atoms with Gasteiger partial charge in [0.25, 0.3) is 0 Å². The quantitative estimate of drug-likeness (QED) is 0.681. The SMILES string of the molecule is CCC(CC)c1ccc(C(CC)CC)c(N)c1. The van der Waals surface area contributed by atoms with Crippen LogP contribution in [-0.2, 0) is 0 Å². The van der Waals surface area contributed by atoms with Gasteiger partial charge < -0.3 is 5.73 Å². The van der Waals surface area contributed by atoms with Crippen LogP contribution < -0.4 is 5.73 Å². The molecule has 0 radical (unpaired) electrons. The monoisotopic (exact) mass is 233 g/mol. The second-order valence-electron chi connectivity index (χ2n) is 4.92. The van der Waals surface area contributed by atoms with Gasteiger partial charge in [0.05, 0.1) is 0 Å². The lowest BCUT2D eigenvalue weighted by Crippen LogP contribution is -2.04. The van der Waals surface area contributed by atoms with E-state index in [0.717, 1.165) is 5.69 Å². The van der Waals surface area contributed by atoms with Gasteiger partial charge in [-0.1, -0.05) is 39.8 Å². The summed E-state index contributed by atoms with van der Waals surface area (Å²) in [6.45, 7) is 8.98. The van der Waals surface area contributed by atoms with Crippen molar-refractivity contribution in [3.8, 4) is 0 Å². The van der Waals surface area contributed by atoms with Gasteiger partial charge in [0.1, 0.15) is 0 Å². The fraction of sp³-hybridized carbons (Fsp3) is 0.625. The third kappa shape index (κ3) is 3.24. The number of rotatable bonds is 6. The molecule has 0 aliphatic rings. The Morgan fingerprint density at radius 3 is 1.82 bits per heavy atom. The van der Waals surface area contributed by atoms with Crippen LogP contribution in [0.4, 0.5) is 5.69 Å². The molecule has 0 saturated carbocycles. The molecule has 0 heterocycles. The van der Waals surface area contributed by atoms with E-state index in [-0.39, 0.29) is 0 Å². The molecular weight excluding hydrogens is 206 g/mol. The maximum absolute atomic E-state index is 6.22. The molecule has 1 heteroatoms. The molecule has 1 nitrogen and oxygen atoms in total. The lowest BCUT2D eigenvalue weighted by Gasteiger charge is -2.19. The molecule has 0 fully saturated rings. The first-order valence-corrected chi connectivity index (χ1v) is 7.07. The normalized spacial score (nSPS) is 11.4. The summed E-state index contributed by atoms with van der Waals surface area (Å²) >= 11 is 0. The Bertz CT molecular complexity index is 335. The van der Waals surface area contributed by atoms with Gasteiger partial charge in [-0.3, -0.25) is 0 Å². The van der Waals surface area contributed by atoms with Crippen LogP contribution in [0.2, 0.25) is 0 Å². The molecule has 96 valence electrons. The van der Waals surface area contributed by atoms with Crippen LogP contribution in [0.25, 0.3) is 0 Å². The Morgan fingerprint density at radius 2 is 1.41 bits per heavy atom. The summed E-state index contributed by atoms with van der Waals surface area (Å²) in [6.07, 6.45) is 4.73. The average Bonchev–Trinajstić information content (AvgIpc) is 2.34. The average molecular weight is 233 g/mol. The largest absolute Gasteiger partial charge is 0.398 e. The maximum Gasteiger partial charge on any atom is 0.0352 e. The molecule has 0 atom stereocenters. The lowest BCUT2D eigenvalue weighted by molar-refractivity contribution is 0.632. The molecule has 17 heavy (non-hydrogen) atoms. The summed E-state index contributed by atoms with van der Waals surface area (Å²) in [4.78, 5) is 0. The Morgan fingerprint density at radius 1 is 0.882 bits per heavy atom. The van der Waals surface area contributed by atoms with Crippen molar-refractivity contribution in [3.63, 3.8) is 0 Å². The smallest absolute Gasteiger partial charge is 0.0352 e. The fourth-order valence-electron chi connectivity index (χ4n) is 2.71. The zero-order valence-electron chi connectivity index (χ0n) is 11.8. The maximum atomic E-state index is 6.22. The van der Waals surface area contributed by atoms with Gasteiger partial charge in [-0.2, -0.15) is 0 Å². The van der Waals surface area contributed by atoms with E-state index in [1.54, 1.807) is 0 Å². The van der Waals surface area contributed by atoms with Gasteiger partial charge in [-0.15, -0.1) is 0 Å². The first-order valence-electron chi connectivity index (χ1n) is 7.07. The van der Waals surface area contributed by atoms with Crippen molar-refractivity contribution in [2.24, 2.45) is 0 Å². The van der Waals surface area contributed by atoms with Crippen molar-refractivity contribution in [1.82, 2.24) is 0 Å². The van der Waals surface area contributed by atoms with Crippen LogP contribution in [-0.4, -0.2) is 0 Å². The van der Waals surface area contributed by atoms with Crippen LogP contribution >= 0.6 is 0 Å². The van der Waals surface area contributed by atoms with Crippen molar-refractivity contribution < 1.29 is 0 Å². The van der Waals surface area contributed by atoms with Gasteiger partial charge in [-0.05, 0) is 54.7 Å². The van der Waals surface area contributed by atoms with Crippen LogP contribution in [0.15, 0.2) is 18.2 Å². The van der Waals surface area contributed by atoms with Crippen molar-refractivity contribution in [2.75, 3.05) is 5.73 Å². The minimum atomic E-state index is 0.616. The molecule has 0 amide bonds. The van der Waals surface area contributed by atoms with Gasteiger partial charge in [0, 0.05) is 5.69 Å². The minimum absolute atomic E-state index is 0.616. The van der Waals surface area contributed by atoms with Gasteiger partial charge in [0.15, 0.2) is 0 Å². The highest BCUT2D eigenvalue weighted by Crippen LogP contribution is 2.32. The van der Waals surface area contributed by atoms with Crippen LogP contribution in [0, 0.1) is 0 Å². The number of anilines is 1. The number of nitrogens with two attached hydrogens (primary N) is 1. The van der Waals surface area contributed by atoms with E-state index in [1.807, 2.05) is 0 Å². The van der Waals surface area contributed by atoms with E-state index >= 15 is 0 Å². The Balaban J connectivity index is 3.00. The van der Waals surface area contributed by atoms with Gasteiger partial charge in [-0.25, -0.2) is 0 Å². The zero-order valence-corrected chi connectivity index (χ0v) is 11.8. The zero-order chi connectivity index (χ0) is 12.8. The molecule has 0 unspecified atom stereocenters. The standard InChI is InChI=1S/C16H27N/c1-5-12(6-2)14-9-10-15(16(17)11-14)13(7-3)8-4/h9-13H,5-8,17H2,1-4H3. The van der Waals surface area contributed by atoms with E-state index in [2.05, 4.69) is 45.9 Å². The van der Waals surface area contributed by atoms with Gasteiger partial charge >= 0.3 is 0 Å². The number of nitrogen functional groups attached to an aromatic ring is 1. The molecule has 0 saturated heterocycles.